The lowest BCUT2D eigenvalue weighted by Crippen LogP contribution is -2.52. The van der Waals surface area contributed by atoms with Gasteiger partial charge in [-0.1, -0.05) is 53.9 Å². The number of unbranched alkanes of at least 4 members (excludes halogenated alkanes) is 3. The molecule has 0 aliphatic heterocycles. The fourth-order valence-corrected chi connectivity index (χ4v) is 4.28. The fourth-order valence-electron chi connectivity index (χ4n) is 2.03. The predicted molar refractivity (Wildman–Crippen MR) is 105 cm³/mol. The number of carbonyl (C=O) groups is 1. The maximum atomic E-state index is 11.6. The van der Waals surface area contributed by atoms with Crippen LogP contribution in [0.15, 0.2) is 0 Å². The van der Waals surface area contributed by atoms with E-state index in [2.05, 4.69) is 20.8 Å². The largest absolute Gasteiger partial charge is 0.528 e. The Kier molecular flexibility index (Phi) is 16.4. The summed E-state index contributed by atoms with van der Waals surface area (Å²) in [7, 11) is -2.96. The molecule has 0 saturated heterocycles. The summed E-state index contributed by atoms with van der Waals surface area (Å²) >= 11 is 0. The van der Waals surface area contributed by atoms with Crippen LogP contribution in [-0.4, -0.2) is 47.1 Å². The molecule has 0 rings (SSSR count). The van der Waals surface area contributed by atoms with Crippen LogP contribution in [0.4, 0.5) is 0 Å². The van der Waals surface area contributed by atoms with Crippen molar-refractivity contribution in [3.8, 4) is 0 Å². The van der Waals surface area contributed by atoms with Crippen LogP contribution in [0.3, 0.4) is 0 Å². The van der Waals surface area contributed by atoms with Crippen molar-refractivity contribution in [2.75, 3.05) is 26.1 Å². The smallest absolute Gasteiger partial charge is 0.436 e. The zero-order chi connectivity index (χ0) is 19.7. The molecule has 0 fully saturated rings. The molecule has 0 aliphatic carbocycles. The van der Waals surface area contributed by atoms with Crippen LogP contribution < -0.4 is 0 Å². The first-order chi connectivity index (χ1) is 12.6. The van der Waals surface area contributed by atoms with E-state index in [4.69, 9.17) is 22.8 Å². The van der Waals surface area contributed by atoms with Gasteiger partial charge in [-0.3, -0.25) is 4.79 Å². The summed E-state index contributed by atoms with van der Waals surface area (Å²) in [6.45, 7) is 11.8. The third kappa shape index (κ3) is 12.0. The normalized spacial score (nSPS) is 13.0. The van der Waals surface area contributed by atoms with Crippen molar-refractivity contribution in [3.05, 3.63) is 0 Å². The van der Waals surface area contributed by atoms with E-state index < -0.39 is 15.1 Å². The highest BCUT2D eigenvalue weighted by molar-refractivity contribution is 6.60. The highest BCUT2D eigenvalue weighted by Crippen LogP contribution is 2.16. The monoisotopic (exact) mass is 392 g/mol. The van der Waals surface area contributed by atoms with Crippen molar-refractivity contribution in [1.82, 2.24) is 0 Å². The Morgan fingerprint density at radius 1 is 0.808 bits per heavy atom. The van der Waals surface area contributed by atoms with Crippen molar-refractivity contribution in [3.63, 3.8) is 0 Å². The van der Waals surface area contributed by atoms with Crippen molar-refractivity contribution < 1.29 is 27.5 Å². The van der Waals surface area contributed by atoms with E-state index in [1.807, 2.05) is 6.92 Å². The molecule has 156 valence electrons. The Labute approximate surface area is 161 Å². The molecule has 0 aliphatic rings. The van der Waals surface area contributed by atoms with Gasteiger partial charge >= 0.3 is 14.8 Å². The number of hydrogen-bond acceptors (Lipinski definition) is 6. The summed E-state index contributed by atoms with van der Waals surface area (Å²) in [5.74, 6) is -0.269. The van der Waals surface area contributed by atoms with E-state index in [-0.39, 0.29) is 12.2 Å². The second-order valence-corrected chi connectivity index (χ2v) is 8.80. The highest BCUT2D eigenvalue weighted by atomic mass is 28.4. The topological polar surface area (TPSA) is 63.2 Å². The van der Waals surface area contributed by atoms with Crippen molar-refractivity contribution in [2.45, 2.75) is 92.3 Å². The molecule has 0 aromatic rings. The molecule has 0 saturated carbocycles. The maximum absolute atomic E-state index is 11.6. The van der Waals surface area contributed by atoms with E-state index in [9.17, 15) is 4.79 Å². The third-order valence-electron chi connectivity index (χ3n) is 3.79. The van der Waals surface area contributed by atoms with Crippen molar-refractivity contribution in [2.24, 2.45) is 0 Å². The Hall–Kier alpha value is -0.473. The Morgan fingerprint density at radius 3 is 1.62 bits per heavy atom. The Bertz CT molecular complexity index is 313. The van der Waals surface area contributed by atoms with Crippen LogP contribution in [0.1, 0.15) is 86.0 Å². The fraction of sp³-hybridized carbons (Fsp3) is 0.947. The first kappa shape index (κ1) is 25.5. The minimum absolute atomic E-state index is 0.208. The molecule has 26 heavy (non-hydrogen) atoms. The first-order valence-corrected chi connectivity index (χ1v) is 12.2. The average molecular weight is 393 g/mol. The molecule has 6 nitrogen and oxygen atoms in total. The molecular formula is C19H40O6Si. The van der Waals surface area contributed by atoms with Gasteiger partial charge in [0.1, 0.15) is 6.23 Å². The molecule has 7 heteroatoms. The number of esters is 1. The van der Waals surface area contributed by atoms with Gasteiger partial charge in [0.2, 0.25) is 6.29 Å². The summed E-state index contributed by atoms with van der Waals surface area (Å²) in [5, 5.41) is 0. The quantitative estimate of drug-likeness (QED) is 0.147. The van der Waals surface area contributed by atoms with Crippen LogP contribution in [0.25, 0.3) is 0 Å². The van der Waals surface area contributed by atoms with E-state index in [0.29, 0.717) is 32.7 Å². The molecule has 0 aromatic heterocycles. The van der Waals surface area contributed by atoms with E-state index in [1.54, 1.807) is 6.92 Å². The molecule has 0 spiro atoms. The predicted octanol–water partition coefficient (Wildman–Crippen LogP) is 4.62. The first-order valence-electron chi connectivity index (χ1n) is 10.3. The second kappa shape index (κ2) is 16.7. The minimum atomic E-state index is -2.96. The van der Waals surface area contributed by atoms with E-state index >= 15 is 0 Å². The lowest BCUT2D eigenvalue weighted by atomic mass is 10.4. The van der Waals surface area contributed by atoms with Crippen LogP contribution in [0, 0.1) is 0 Å². The van der Waals surface area contributed by atoms with Gasteiger partial charge in [0.25, 0.3) is 0 Å². The summed E-state index contributed by atoms with van der Waals surface area (Å²) in [4.78, 5) is 11.6. The zero-order valence-electron chi connectivity index (χ0n) is 17.5. The molecule has 0 heterocycles. The van der Waals surface area contributed by atoms with Gasteiger partial charge in [-0.25, -0.2) is 0 Å². The Morgan fingerprint density at radius 2 is 1.27 bits per heavy atom. The SMILES string of the molecule is CCCCO[Si](COC(CC)OC(=O)CC)(OCCCC)OCCCC. The molecule has 0 amide bonds. The summed E-state index contributed by atoms with van der Waals surface area (Å²) < 4.78 is 29.5. The number of ether oxygens (including phenoxy) is 2. The van der Waals surface area contributed by atoms with Gasteiger partial charge in [-0.15, -0.1) is 0 Å². The summed E-state index contributed by atoms with van der Waals surface area (Å²) in [6, 6.07) is 0. The van der Waals surface area contributed by atoms with E-state index in [1.165, 1.54) is 0 Å². The maximum Gasteiger partial charge on any atom is 0.528 e. The van der Waals surface area contributed by atoms with E-state index in [0.717, 1.165) is 38.5 Å². The molecule has 1 atom stereocenters. The van der Waals surface area contributed by atoms with Crippen molar-refractivity contribution >= 4 is 14.8 Å². The number of hydrogen-bond donors (Lipinski definition) is 0. The molecule has 0 radical (unpaired) electrons. The molecule has 0 N–H and O–H groups in total. The van der Waals surface area contributed by atoms with Gasteiger partial charge < -0.3 is 22.8 Å². The molecule has 0 bridgehead atoms. The molecule has 0 aromatic carbocycles. The van der Waals surface area contributed by atoms with Gasteiger partial charge in [0, 0.05) is 32.7 Å². The van der Waals surface area contributed by atoms with Crippen LogP contribution in [0.5, 0.6) is 0 Å². The van der Waals surface area contributed by atoms with Gasteiger partial charge in [-0.2, -0.15) is 0 Å². The number of rotatable bonds is 18. The van der Waals surface area contributed by atoms with Crippen LogP contribution in [-0.2, 0) is 27.5 Å². The summed E-state index contributed by atoms with van der Waals surface area (Å²) in [5.41, 5.74) is 0. The van der Waals surface area contributed by atoms with Gasteiger partial charge in [0.15, 0.2) is 0 Å². The van der Waals surface area contributed by atoms with Gasteiger partial charge in [-0.05, 0) is 19.3 Å². The average Bonchev–Trinajstić information content (AvgIpc) is 2.65. The standard InChI is InChI=1S/C19H40O6Si/c1-6-11-14-22-26(23-15-12-7-2,24-16-13-8-3)17-21-19(10-5)25-18(20)9-4/h19H,6-17H2,1-5H3. The van der Waals surface area contributed by atoms with Crippen LogP contribution >= 0.6 is 0 Å². The Balaban J connectivity index is 4.95. The highest BCUT2D eigenvalue weighted by Gasteiger charge is 2.43. The number of carbonyl (C=O) groups excluding carboxylic acids is 1. The molecule has 1 unspecified atom stereocenters. The molecular weight excluding hydrogens is 352 g/mol. The third-order valence-corrected chi connectivity index (χ3v) is 6.24. The second-order valence-electron chi connectivity index (χ2n) is 6.28. The van der Waals surface area contributed by atoms with Crippen LogP contribution in [0.2, 0.25) is 0 Å². The summed E-state index contributed by atoms with van der Waals surface area (Å²) in [6.07, 6.45) is 6.50. The minimum Gasteiger partial charge on any atom is -0.436 e. The zero-order valence-corrected chi connectivity index (χ0v) is 18.5. The lowest BCUT2D eigenvalue weighted by Gasteiger charge is -2.31. The van der Waals surface area contributed by atoms with Gasteiger partial charge in [0.05, 0.1) is 0 Å². The lowest BCUT2D eigenvalue weighted by molar-refractivity contribution is -0.178. The van der Waals surface area contributed by atoms with Crippen molar-refractivity contribution in [1.29, 1.82) is 0 Å².